The van der Waals surface area contributed by atoms with E-state index in [4.69, 9.17) is 5.11 Å². The molecule has 0 spiro atoms. The third-order valence-electron chi connectivity index (χ3n) is 2.57. The summed E-state index contributed by atoms with van der Waals surface area (Å²) in [6, 6.07) is 3.63. The Kier molecular flexibility index (Phi) is 4.04. The van der Waals surface area contributed by atoms with Gasteiger partial charge in [0.25, 0.3) is 5.91 Å². The maximum atomic E-state index is 12.3. The predicted molar refractivity (Wildman–Crippen MR) is 68.2 cm³/mol. The van der Waals surface area contributed by atoms with E-state index in [1.807, 2.05) is 0 Å². The summed E-state index contributed by atoms with van der Waals surface area (Å²) in [5.74, 6) is -2.40. The number of carbonyl (C=O) groups is 2. The van der Waals surface area contributed by atoms with E-state index < -0.39 is 29.7 Å². The van der Waals surface area contributed by atoms with Crippen molar-refractivity contribution in [2.24, 2.45) is 0 Å². The molecule has 0 aromatic heterocycles. The van der Waals surface area contributed by atoms with Gasteiger partial charge in [0.15, 0.2) is 11.5 Å². The number of carboxylic acid groups (broad SMARTS) is 1. The molecule has 0 bridgehead atoms. The lowest BCUT2D eigenvalue weighted by Crippen LogP contribution is -2.48. The molecule has 0 saturated heterocycles. The first-order valence-electron chi connectivity index (χ1n) is 5.68. The third kappa shape index (κ3) is 3.61. The Balaban J connectivity index is 3.12. The highest BCUT2D eigenvalue weighted by atomic mass is 16.4. The lowest BCUT2D eigenvalue weighted by Gasteiger charge is -2.34. The number of benzene rings is 1. The topological polar surface area (TPSA) is 98.1 Å². The second-order valence-electron chi connectivity index (χ2n) is 5.16. The van der Waals surface area contributed by atoms with Gasteiger partial charge in [0.1, 0.15) is 6.54 Å². The van der Waals surface area contributed by atoms with E-state index in [-0.39, 0.29) is 11.3 Å². The number of phenols is 2. The van der Waals surface area contributed by atoms with Gasteiger partial charge in [-0.2, -0.15) is 0 Å². The maximum Gasteiger partial charge on any atom is 0.323 e. The van der Waals surface area contributed by atoms with Crippen LogP contribution >= 0.6 is 0 Å². The molecule has 1 rings (SSSR count). The zero-order chi connectivity index (χ0) is 14.8. The fraction of sp³-hybridized carbons (Fsp3) is 0.385. The van der Waals surface area contributed by atoms with E-state index in [2.05, 4.69) is 0 Å². The Morgan fingerprint density at radius 1 is 1.16 bits per heavy atom. The van der Waals surface area contributed by atoms with Crippen molar-refractivity contribution in [1.29, 1.82) is 0 Å². The minimum Gasteiger partial charge on any atom is -0.504 e. The third-order valence-corrected chi connectivity index (χ3v) is 2.57. The van der Waals surface area contributed by atoms with Crippen molar-refractivity contribution < 1.29 is 24.9 Å². The van der Waals surface area contributed by atoms with E-state index in [9.17, 15) is 19.8 Å². The molecule has 104 valence electrons. The molecule has 0 aliphatic carbocycles. The Morgan fingerprint density at radius 2 is 1.74 bits per heavy atom. The number of carboxylic acids is 1. The zero-order valence-electron chi connectivity index (χ0n) is 11.0. The summed E-state index contributed by atoms with van der Waals surface area (Å²) in [4.78, 5) is 24.3. The van der Waals surface area contributed by atoms with Crippen molar-refractivity contribution in [3.63, 3.8) is 0 Å². The fourth-order valence-corrected chi connectivity index (χ4v) is 1.56. The highest BCUT2D eigenvalue weighted by Gasteiger charge is 2.29. The molecule has 0 fully saturated rings. The van der Waals surface area contributed by atoms with Crippen LogP contribution < -0.4 is 0 Å². The van der Waals surface area contributed by atoms with Crippen molar-refractivity contribution in [2.45, 2.75) is 26.3 Å². The van der Waals surface area contributed by atoms with Crippen LogP contribution in [0.15, 0.2) is 18.2 Å². The summed E-state index contributed by atoms with van der Waals surface area (Å²) < 4.78 is 0. The number of carbonyl (C=O) groups excluding carboxylic acids is 1. The molecule has 1 aromatic rings. The molecule has 1 amide bonds. The number of amides is 1. The van der Waals surface area contributed by atoms with Gasteiger partial charge in [-0.25, -0.2) is 0 Å². The van der Waals surface area contributed by atoms with Crippen molar-refractivity contribution in [3.8, 4) is 11.5 Å². The van der Waals surface area contributed by atoms with Crippen LogP contribution in [0.2, 0.25) is 0 Å². The van der Waals surface area contributed by atoms with Crippen LogP contribution in [0.1, 0.15) is 31.1 Å². The second kappa shape index (κ2) is 5.17. The smallest absolute Gasteiger partial charge is 0.323 e. The molecule has 3 N–H and O–H groups in total. The first-order chi connectivity index (χ1) is 8.62. The number of aromatic hydroxyl groups is 2. The van der Waals surface area contributed by atoms with E-state index in [1.54, 1.807) is 20.8 Å². The molecular formula is C13H17NO5. The van der Waals surface area contributed by atoms with Crippen molar-refractivity contribution >= 4 is 11.9 Å². The van der Waals surface area contributed by atoms with Gasteiger partial charge >= 0.3 is 5.97 Å². The van der Waals surface area contributed by atoms with Crippen molar-refractivity contribution in [1.82, 2.24) is 4.90 Å². The zero-order valence-corrected chi connectivity index (χ0v) is 11.0. The highest BCUT2D eigenvalue weighted by molar-refractivity contribution is 5.96. The Hall–Kier alpha value is -2.24. The average Bonchev–Trinajstić information content (AvgIpc) is 2.27. The molecule has 0 radical (unpaired) electrons. The second-order valence-corrected chi connectivity index (χ2v) is 5.16. The van der Waals surface area contributed by atoms with Gasteiger partial charge in [0.05, 0.1) is 0 Å². The average molecular weight is 267 g/mol. The van der Waals surface area contributed by atoms with Gasteiger partial charge < -0.3 is 20.2 Å². The molecule has 0 unspecified atom stereocenters. The van der Waals surface area contributed by atoms with Crippen LogP contribution in [-0.4, -0.2) is 44.2 Å². The van der Waals surface area contributed by atoms with Gasteiger partial charge in [0.2, 0.25) is 0 Å². The summed E-state index contributed by atoms with van der Waals surface area (Å²) in [5, 5.41) is 27.4. The van der Waals surface area contributed by atoms with Gasteiger partial charge in [-0.15, -0.1) is 0 Å². The Morgan fingerprint density at radius 3 is 2.16 bits per heavy atom. The van der Waals surface area contributed by atoms with Crippen LogP contribution in [0, 0.1) is 0 Å². The Bertz CT molecular complexity index is 504. The molecule has 0 heterocycles. The molecule has 0 aliphatic rings. The van der Waals surface area contributed by atoms with Gasteiger partial charge in [-0.05, 0) is 39.0 Å². The number of hydrogen-bond acceptors (Lipinski definition) is 4. The summed E-state index contributed by atoms with van der Waals surface area (Å²) in [6.07, 6.45) is 0. The number of rotatable bonds is 3. The van der Waals surface area contributed by atoms with E-state index in [1.165, 1.54) is 17.0 Å². The normalized spacial score (nSPS) is 11.1. The van der Waals surface area contributed by atoms with E-state index in [0.29, 0.717) is 0 Å². The number of phenolic OH excluding ortho intramolecular Hbond substituents is 2. The van der Waals surface area contributed by atoms with Crippen molar-refractivity contribution in [3.05, 3.63) is 23.8 Å². The van der Waals surface area contributed by atoms with Crippen LogP contribution in [0.4, 0.5) is 0 Å². The molecule has 0 aliphatic heterocycles. The standard InChI is InChI=1S/C13H17NO5/c1-13(2,3)14(7-11(17)18)12(19)8-4-5-9(15)10(16)6-8/h4-6,15-16H,7H2,1-3H3,(H,17,18). The molecule has 1 aromatic carbocycles. The number of nitrogens with zero attached hydrogens (tertiary/aromatic N) is 1. The number of aliphatic carboxylic acids is 1. The lowest BCUT2D eigenvalue weighted by atomic mass is 10.0. The summed E-state index contributed by atoms with van der Waals surface area (Å²) >= 11 is 0. The van der Waals surface area contributed by atoms with E-state index >= 15 is 0 Å². The largest absolute Gasteiger partial charge is 0.504 e. The summed E-state index contributed by atoms with van der Waals surface area (Å²) in [7, 11) is 0. The van der Waals surface area contributed by atoms with Crippen LogP contribution in [0.5, 0.6) is 11.5 Å². The fourth-order valence-electron chi connectivity index (χ4n) is 1.56. The monoisotopic (exact) mass is 267 g/mol. The van der Waals surface area contributed by atoms with Crippen LogP contribution in [-0.2, 0) is 4.79 Å². The maximum absolute atomic E-state index is 12.3. The molecular weight excluding hydrogens is 250 g/mol. The van der Waals surface area contributed by atoms with Gasteiger partial charge in [0, 0.05) is 11.1 Å². The minimum atomic E-state index is -1.12. The molecule has 0 saturated carbocycles. The molecule has 0 atom stereocenters. The Labute approximate surface area is 110 Å². The SMILES string of the molecule is CC(C)(C)N(CC(=O)O)C(=O)c1ccc(O)c(O)c1. The minimum absolute atomic E-state index is 0.117. The summed E-state index contributed by atoms with van der Waals surface area (Å²) in [5.41, 5.74) is -0.560. The van der Waals surface area contributed by atoms with E-state index in [0.717, 1.165) is 6.07 Å². The quantitative estimate of drug-likeness (QED) is 0.719. The van der Waals surface area contributed by atoms with Gasteiger partial charge in [-0.1, -0.05) is 0 Å². The highest BCUT2D eigenvalue weighted by Crippen LogP contribution is 2.26. The first-order valence-corrected chi connectivity index (χ1v) is 5.68. The predicted octanol–water partition coefficient (Wildman–Crippen LogP) is 1.42. The van der Waals surface area contributed by atoms with Crippen LogP contribution in [0.3, 0.4) is 0 Å². The molecule has 6 heteroatoms. The number of hydrogen-bond donors (Lipinski definition) is 3. The van der Waals surface area contributed by atoms with Gasteiger partial charge in [-0.3, -0.25) is 9.59 Å². The van der Waals surface area contributed by atoms with Crippen LogP contribution in [0.25, 0.3) is 0 Å². The first kappa shape index (κ1) is 14.8. The van der Waals surface area contributed by atoms with Crippen molar-refractivity contribution in [2.75, 3.05) is 6.54 Å². The molecule has 19 heavy (non-hydrogen) atoms. The summed E-state index contributed by atoms with van der Waals surface area (Å²) in [6.45, 7) is 4.71. The molecule has 6 nitrogen and oxygen atoms in total. The lowest BCUT2D eigenvalue weighted by molar-refractivity contribution is -0.138.